The standard InChI is InChI=1S/C16H22N2O2/c1-4-20-14-7-8-15-13(12-14)9-11-18(15)10-5-6-16(19)17(2)3/h7-9,11-12H,4-6,10H2,1-3H3. The zero-order valence-electron chi connectivity index (χ0n) is 12.4. The second kappa shape index (κ2) is 6.46. The van der Waals surface area contributed by atoms with E-state index >= 15 is 0 Å². The average molecular weight is 274 g/mol. The van der Waals surface area contributed by atoms with E-state index in [0.717, 1.165) is 18.7 Å². The Morgan fingerprint density at radius 2 is 2.10 bits per heavy atom. The molecule has 0 fully saturated rings. The number of aromatic nitrogens is 1. The first-order valence-corrected chi connectivity index (χ1v) is 7.03. The minimum atomic E-state index is 0.181. The molecule has 20 heavy (non-hydrogen) atoms. The number of hydrogen-bond acceptors (Lipinski definition) is 2. The van der Waals surface area contributed by atoms with E-state index < -0.39 is 0 Å². The van der Waals surface area contributed by atoms with Crippen molar-refractivity contribution in [2.75, 3.05) is 20.7 Å². The third-order valence-corrected chi connectivity index (χ3v) is 3.34. The van der Waals surface area contributed by atoms with E-state index in [9.17, 15) is 4.79 Å². The summed E-state index contributed by atoms with van der Waals surface area (Å²) in [5.41, 5.74) is 1.19. The Labute approximate surface area is 119 Å². The molecule has 0 spiro atoms. The Bertz CT molecular complexity index is 587. The van der Waals surface area contributed by atoms with Gasteiger partial charge in [-0.3, -0.25) is 4.79 Å². The van der Waals surface area contributed by atoms with Crippen LogP contribution in [0.15, 0.2) is 30.5 Å². The number of nitrogens with zero attached hydrogens (tertiary/aromatic N) is 2. The third-order valence-electron chi connectivity index (χ3n) is 3.34. The maximum absolute atomic E-state index is 11.6. The van der Waals surface area contributed by atoms with E-state index in [1.54, 1.807) is 19.0 Å². The maximum atomic E-state index is 11.6. The van der Waals surface area contributed by atoms with E-state index in [-0.39, 0.29) is 5.91 Å². The normalized spacial score (nSPS) is 10.8. The van der Waals surface area contributed by atoms with Crippen LogP contribution >= 0.6 is 0 Å². The van der Waals surface area contributed by atoms with Crippen LogP contribution < -0.4 is 4.74 Å². The molecule has 0 saturated heterocycles. The molecule has 2 aromatic rings. The molecule has 1 heterocycles. The highest BCUT2D eigenvalue weighted by Gasteiger charge is 2.06. The van der Waals surface area contributed by atoms with Crippen molar-refractivity contribution in [1.29, 1.82) is 0 Å². The van der Waals surface area contributed by atoms with Crippen molar-refractivity contribution in [2.24, 2.45) is 0 Å². The summed E-state index contributed by atoms with van der Waals surface area (Å²) >= 11 is 0. The summed E-state index contributed by atoms with van der Waals surface area (Å²) in [5, 5.41) is 1.18. The SMILES string of the molecule is CCOc1ccc2c(ccn2CCCC(=O)N(C)C)c1. The van der Waals surface area contributed by atoms with Crippen LogP contribution in [0.3, 0.4) is 0 Å². The van der Waals surface area contributed by atoms with Gasteiger partial charge in [0.05, 0.1) is 6.61 Å². The lowest BCUT2D eigenvalue weighted by Crippen LogP contribution is -2.21. The lowest BCUT2D eigenvalue weighted by Gasteiger charge is -2.10. The number of rotatable bonds is 6. The van der Waals surface area contributed by atoms with E-state index in [2.05, 4.69) is 29.0 Å². The third kappa shape index (κ3) is 3.32. The molecule has 2 rings (SSSR count). The first-order chi connectivity index (χ1) is 9.61. The van der Waals surface area contributed by atoms with Gasteiger partial charge in [0.15, 0.2) is 0 Å². The minimum absolute atomic E-state index is 0.181. The number of hydrogen-bond donors (Lipinski definition) is 0. The molecule has 0 radical (unpaired) electrons. The Morgan fingerprint density at radius 1 is 1.30 bits per heavy atom. The van der Waals surface area contributed by atoms with Crippen molar-refractivity contribution in [2.45, 2.75) is 26.3 Å². The Hall–Kier alpha value is -1.97. The highest BCUT2D eigenvalue weighted by molar-refractivity contribution is 5.81. The van der Waals surface area contributed by atoms with Crippen molar-refractivity contribution in [1.82, 2.24) is 9.47 Å². The van der Waals surface area contributed by atoms with Gasteiger partial charge in [-0.15, -0.1) is 0 Å². The smallest absolute Gasteiger partial charge is 0.222 e. The fraction of sp³-hybridized carbons (Fsp3) is 0.438. The topological polar surface area (TPSA) is 34.5 Å². The summed E-state index contributed by atoms with van der Waals surface area (Å²) in [6, 6.07) is 8.22. The van der Waals surface area contributed by atoms with Crippen molar-refractivity contribution in [3.8, 4) is 5.75 Å². The molecular formula is C16H22N2O2. The van der Waals surface area contributed by atoms with E-state index in [1.807, 2.05) is 13.0 Å². The van der Waals surface area contributed by atoms with Crippen LogP contribution in [0.2, 0.25) is 0 Å². The number of benzene rings is 1. The van der Waals surface area contributed by atoms with Crippen molar-refractivity contribution >= 4 is 16.8 Å². The molecule has 1 aromatic carbocycles. The number of carbonyl (C=O) groups excluding carboxylic acids is 1. The summed E-state index contributed by atoms with van der Waals surface area (Å²) in [4.78, 5) is 13.2. The van der Waals surface area contributed by atoms with Gasteiger partial charge in [0, 0.05) is 44.2 Å². The Balaban J connectivity index is 2.02. The first-order valence-electron chi connectivity index (χ1n) is 7.03. The van der Waals surface area contributed by atoms with Gasteiger partial charge in [-0.1, -0.05) is 0 Å². The van der Waals surface area contributed by atoms with Gasteiger partial charge in [-0.05, 0) is 37.6 Å². The molecular weight excluding hydrogens is 252 g/mol. The van der Waals surface area contributed by atoms with E-state index in [0.29, 0.717) is 13.0 Å². The fourth-order valence-corrected chi connectivity index (χ4v) is 2.25. The largest absolute Gasteiger partial charge is 0.494 e. The zero-order chi connectivity index (χ0) is 14.5. The molecule has 0 atom stereocenters. The van der Waals surface area contributed by atoms with Gasteiger partial charge in [0.25, 0.3) is 0 Å². The molecule has 0 aliphatic rings. The second-order valence-electron chi connectivity index (χ2n) is 5.05. The number of aryl methyl sites for hydroxylation is 1. The molecule has 0 unspecified atom stereocenters. The van der Waals surface area contributed by atoms with Gasteiger partial charge in [0.2, 0.25) is 5.91 Å². The molecule has 1 amide bonds. The number of carbonyl (C=O) groups is 1. The molecule has 0 aliphatic carbocycles. The number of fused-ring (bicyclic) bond motifs is 1. The van der Waals surface area contributed by atoms with Crippen LogP contribution in [0.4, 0.5) is 0 Å². The predicted octanol–water partition coefficient (Wildman–Crippen LogP) is 2.91. The van der Waals surface area contributed by atoms with Crippen molar-refractivity contribution in [3.05, 3.63) is 30.5 Å². The van der Waals surface area contributed by atoms with Gasteiger partial charge < -0.3 is 14.2 Å². The molecule has 108 valence electrons. The predicted molar refractivity (Wildman–Crippen MR) is 81.0 cm³/mol. The van der Waals surface area contributed by atoms with Crippen molar-refractivity contribution < 1.29 is 9.53 Å². The summed E-state index contributed by atoms with van der Waals surface area (Å²) in [6.07, 6.45) is 3.51. The van der Waals surface area contributed by atoms with Crippen molar-refractivity contribution in [3.63, 3.8) is 0 Å². The average Bonchev–Trinajstić information content (AvgIpc) is 2.81. The van der Waals surface area contributed by atoms with Crippen LogP contribution in [0.1, 0.15) is 19.8 Å². The van der Waals surface area contributed by atoms with Crippen LogP contribution in [0.5, 0.6) is 5.75 Å². The first kappa shape index (κ1) is 14.4. The van der Waals surface area contributed by atoms with Gasteiger partial charge in [-0.25, -0.2) is 0 Å². The molecule has 0 saturated carbocycles. The summed E-state index contributed by atoms with van der Waals surface area (Å²) in [6.45, 7) is 3.52. The van der Waals surface area contributed by atoms with Crippen LogP contribution in [0, 0.1) is 0 Å². The highest BCUT2D eigenvalue weighted by atomic mass is 16.5. The Morgan fingerprint density at radius 3 is 2.80 bits per heavy atom. The van der Waals surface area contributed by atoms with E-state index in [1.165, 1.54) is 10.9 Å². The summed E-state index contributed by atoms with van der Waals surface area (Å²) < 4.78 is 7.69. The van der Waals surface area contributed by atoms with Crippen LogP contribution in [0.25, 0.3) is 10.9 Å². The zero-order valence-corrected chi connectivity index (χ0v) is 12.4. The molecule has 4 heteroatoms. The van der Waals surface area contributed by atoms with Crippen LogP contribution in [-0.4, -0.2) is 36.1 Å². The minimum Gasteiger partial charge on any atom is -0.494 e. The van der Waals surface area contributed by atoms with Gasteiger partial charge in [-0.2, -0.15) is 0 Å². The fourth-order valence-electron chi connectivity index (χ4n) is 2.25. The maximum Gasteiger partial charge on any atom is 0.222 e. The molecule has 4 nitrogen and oxygen atoms in total. The van der Waals surface area contributed by atoms with Crippen LogP contribution in [-0.2, 0) is 11.3 Å². The molecule has 0 aliphatic heterocycles. The molecule has 0 bridgehead atoms. The monoisotopic (exact) mass is 274 g/mol. The highest BCUT2D eigenvalue weighted by Crippen LogP contribution is 2.22. The van der Waals surface area contributed by atoms with Gasteiger partial charge in [0.1, 0.15) is 5.75 Å². The quantitative estimate of drug-likeness (QED) is 0.811. The lowest BCUT2D eigenvalue weighted by molar-refractivity contribution is -0.128. The summed E-state index contributed by atoms with van der Waals surface area (Å²) in [7, 11) is 3.59. The second-order valence-corrected chi connectivity index (χ2v) is 5.05. The Kier molecular flexibility index (Phi) is 4.66. The summed E-state index contributed by atoms with van der Waals surface area (Å²) in [5.74, 6) is 1.08. The van der Waals surface area contributed by atoms with Gasteiger partial charge >= 0.3 is 0 Å². The van der Waals surface area contributed by atoms with E-state index in [4.69, 9.17) is 4.74 Å². The lowest BCUT2D eigenvalue weighted by atomic mass is 10.2. The molecule has 0 N–H and O–H groups in total. The molecule has 1 aromatic heterocycles. The number of amides is 1. The number of ether oxygens (including phenoxy) is 1.